The molecule has 0 spiro atoms. The average molecular weight is 312 g/mol. The lowest BCUT2D eigenvalue weighted by Gasteiger charge is -2.19. The fourth-order valence-electron chi connectivity index (χ4n) is 1.76. The Kier molecular flexibility index (Phi) is 6.10. The number of nitro groups is 1. The molecule has 1 heterocycles. The number of hydrogen-bond acceptors (Lipinski definition) is 5. The number of amidine groups is 1. The predicted molar refractivity (Wildman–Crippen MR) is 82.8 cm³/mol. The third kappa shape index (κ3) is 5.03. The van der Waals surface area contributed by atoms with E-state index < -0.39 is 4.92 Å². The van der Waals surface area contributed by atoms with Crippen LogP contribution in [0.5, 0.6) is 0 Å². The molecule has 0 radical (unpaired) electrons. The van der Waals surface area contributed by atoms with Crippen LogP contribution in [-0.2, 0) is 6.54 Å². The van der Waals surface area contributed by atoms with Crippen molar-refractivity contribution in [2.45, 2.75) is 6.54 Å². The summed E-state index contributed by atoms with van der Waals surface area (Å²) in [5.41, 5.74) is 0.822. The van der Waals surface area contributed by atoms with Crippen molar-refractivity contribution < 1.29 is 4.92 Å². The third-order valence-corrected chi connectivity index (χ3v) is 2.81. The molecule has 7 nitrogen and oxygen atoms in total. The molecule has 0 saturated heterocycles. The van der Waals surface area contributed by atoms with Crippen molar-refractivity contribution in [3.05, 3.63) is 51.1 Å². The number of aliphatic imine (C=N–C) groups is 1. The Labute approximate surface area is 128 Å². The molecule has 1 aromatic heterocycles. The van der Waals surface area contributed by atoms with Gasteiger partial charge in [-0.2, -0.15) is 0 Å². The fourth-order valence-corrected chi connectivity index (χ4v) is 1.87. The van der Waals surface area contributed by atoms with Gasteiger partial charge >= 0.3 is 5.70 Å². The summed E-state index contributed by atoms with van der Waals surface area (Å²) < 4.78 is 0. The van der Waals surface area contributed by atoms with Crippen LogP contribution in [0, 0.1) is 10.1 Å². The van der Waals surface area contributed by atoms with Crippen LogP contribution in [0.3, 0.4) is 0 Å². The number of likely N-dealkylation sites (N-methyl/N-ethyl adjacent to an activating group) is 1. The van der Waals surface area contributed by atoms with E-state index in [1.807, 2.05) is 6.07 Å². The lowest BCUT2D eigenvalue weighted by Crippen LogP contribution is -2.31. The number of halogens is 1. The van der Waals surface area contributed by atoms with E-state index in [4.69, 9.17) is 11.6 Å². The Morgan fingerprint density at radius 1 is 1.48 bits per heavy atom. The first-order chi connectivity index (χ1) is 9.85. The zero-order valence-electron chi connectivity index (χ0n) is 12.4. The highest BCUT2D eigenvalue weighted by Crippen LogP contribution is 2.11. The molecule has 8 heteroatoms. The first kappa shape index (κ1) is 16.9. The van der Waals surface area contributed by atoms with E-state index in [0.29, 0.717) is 17.5 Å². The largest absolute Gasteiger partial charge is 0.378 e. The number of rotatable bonds is 5. The lowest BCUT2D eigenvalue weighted by atomic mass is 10.2. The molecule has 0 aromatic carbocycles. The van der Waals surface area contributed by atoms with Crippen LogP contribution in [0.4, 0.5) is 0 Å². The molecule has 0 aliphatic carbocycles. The lowest BCUT2D eigenvalue weighted by molar-refractivity contribution is -0.416. The van der Waals surface area contributed by atoms with E-state index in [1.165, 1.54) is 13.2 Å². The number of aromatic nitrogens is 1. The molecular weight excluding hydrogens is 294 g/mol. The van der Waals surface area contributed by atoms with E-state index in [0.717, 1.165) is 5.56 Å². The highest BCUT2D eigenvalue weighted by molar-refractivity contribution is 6.29. The topological polar surface area (TPSA) is 74.9 Å². The van der Waals surface area contributed by atoms with Gasteiger partial charge in [-0.25, -0.2) is 4.98 Å². The predicted octanol–water partition coefficient (Wildman–Crippen LogP) is 1.87. The number of nitrogens with zero attached hydrogens (tertiary/aromatic N) is 5. The summed E-state index contributed by atoms with van der Waals surface area (Å²) in [6, 6.07) is 3.50. The molecule has 1 aromatic rings. The van der Waals surface area contributed by atoms with Gasteiger partial charge in [0, 0.05) is 40.9 Å². The number of hydrogen-bond donors (Lipinski definition) is 0. The average Bonchev–Trinajstić information content (AvgIpc) is 2.40. The molecule has 0 bridgehead atoms. The van der Waals surface area contributed by atoms with Crippen LogP contribution in [-0.4, -0.2) is 53.7 Å². The second-order valence-electron chi connectivity index (χ2n) is 4.63. The minimum atomic E-state index is -0.445. The second kappa shape index (κ2) is 7.58. The molecule has 0 saturated carbocycles. The normalized spacial score (nSPS) is 12.2. The molecule has 0 fully saturated rings. The third-order valence-electron chi connectivity index (χ3n) is 2.59. The summed E-state index contributed by atoms with van der Waals surface area (Å²) >= 11 is 5.73. The monoisotopic (exact) mass is 311 g/mol. The molecule has 0 atom stereocenters. The van der Waals surface area contributed by atoms with Crippen molar-refractivity contribution in [2.75, 3.05) is 28.2 Å². The van der Waals surface area contributed by atoms with Crippen LogP contribution in [0.2, 0.25) is 5.15 Å². The zero-order chi connectivity index (χ0) is 16.0. The van der Waals surface area contributed by atoms with Crippen LogP contribution < -0.4 is 0 Å². The van der Waals surface area contributed by atoms with Gasteiger partial charge in [-0.1, -0.05) is 17.7 Å². The SMILES string of the molecule is CN=C(C(=CN(C)C)[N+](=O)[O-])N(C)Cc1ccc(Cl)nc1. The summed E-state index contributed by atoms with van der Waals surface area (Å²) in [4.78, 5) is 22.1. The molecule has 0 amide bonds. The van der Waals surface area contributed by atoms with Crippen molar-refractivity contribution >= 4 is 17.4 Å². The van der Waals surface area contributed by atoms with Gasteiger partial charge in [0.15, 0.2) is 0 Å². The van der Waals surface area contributed by atoms with Gasteiger partial charge in [0.1, 0.15) is 5.15 Å². The van der Waals surface area contributed by atoms with Gasteiger partial charge in [0.05, 0.1) is 11.1 Å². The maximum atomic E-state index is 11.2. The van der Waals surface area contributed by atoms with Gasteiger partial charge in [-0.3, -0.25) is 15.1 Å². The Morgan fingerprint density at radius 3 is 2.57 bits per heavy atom. The van der Waals surface area contributed by atoms with E-state index in [-0.39, 0.29) is 5.70 Å². The van der Waals surface area contributed by atoms with Crippen molar-refractivity contribution in [1.29, 1.82) is 0 Å². The summed E-state index contributed by atoms with van der Waals surface area (Å²) in [6.45, 7) is 0.440. The van der Waals surface area contributed by atoms with Crippen LogP contribution >= 0.6 is 11.6 Å². The summed E-state index contributed by atoms with van der Waals surface area (Å²) in [5.74, 6) is 0.295. The molecule has 1 rings (SSSR count). The van der Waals surface area contributed by atoms with Crippen molar-refractivity contribution in [2.24, 2.45) is 4.99 Å². The first-order valence-corrected chi connectivity index (χ1v) is 6.54. The van der Waals surface area contributed by atoms with Crippen LogP contribution in [0.15, 0.2) is 35.2 Å². The number of pyridine rings is 1. The van der Waals surface area contributed by atoms with E-state index in [1.54, 1.807) is 43.2 Å². The standard InChI is InChI=1S/C13H18ClN5O2/c1-15-13(11(19(20)21)9-17(2)3)18(4)8-10-5-6-12(14)16-7-10/h5-7,9H,8H2,1-4H3. The maximum absolute atomic E-state index is 11.2. The zero-order valence-corrected chi connectivity index (χ0v) is 13.2. The Bertz CT molecular complexity index is 554. The molecule has 0 aliphatic rings. The molecule has 114 valence electrons. The van der Waals surface area contributed by atoms with Gasteiger partial charge < -0.3 is 9.80 Å². The fraction of sp³-hybridized carbons (Fsp3) is 0.385. The van der Waals surface area contributed by atoms with Crippen molar-refractivity contribution in [3.8, 4) is 0 Å². The molecule has 21 heavy (non-hydrogen) atoms. The van der Waals surface area contributed by atoms with E-state index in [9.17, 15) is 10.1 Å². The van der Waals surface area contributed by atoms with Gasteiger partial charge in [-0.15, -0.1) is 0 Å². The second-order valence-corrected chi connectivity index (χ2v) is 5.01. The van der Waals surface area contributed by atoms with E-state index in [2.05, 4.69) is 9.98 Å². The van der Waals surface area contributed by atoms with Gasteiger partial charge in [-0.05, 0) is 11.6 Å². The highest BCUT2D eigenvalue weighted by atomic mass is 35.5. The van der Waals surface area contributed by atoms with E-state index >= 15 is 0 Å². The summed E-state index contributed by atoms with van der Waals surface area (Å²) in [5, 5.41) is 11.6. The minimum absolute atomic E-state index is 0.0630. The first-order valence-electron chi connectivity index (χ1n) is 6.16. The Balaban J connectivity index is 2.98. The molecule has 0 unspecified atom stereocenters. The maximum Gasteiger partial charge on any atom is 0.326 e. The Hall–Kier alpha value is -2.15. The van der Waals surface area contributed by atoms with Gasteiger partial charge in [0.25, 0.3) is 0 Å². The highest BCUT2D eigenvalue weighted by Gasteiger charge is 2.23. The van der Waals surface area contributed by atoms with Crippen molar-refractivity contribution in [3.63, 3.8) is 0 Å². The molecular formula is C13H18ClN5O2. The quantitative estimate of drug-likeness (QED) is 0.273. The van der Waals surface area contributed by atoms with Gasteiger partial charge in [0.2, 0.25) is 5.84 Å². The smallest absolute Gasteiger partial charge is 0.326 e. The van der Waals surface area contributed by atoms with Crippen molar-refractivity contribution in [1.82, 2.24) is 14.8 Å². The molecule has 0 aliphatic heterocycles. The van der Waals surface area contributed by atoms with Crippen LogP contribution in [0.25, 0.3) is 0 Å². The Morgan fingerprint density at radius 2 is 2.14 bits per heavy atom. The molecule has 0 N–H and O–H groups in total. The minimum Gasteiger partial charge on any atom is -0.378 e. The summed E-state index contributed by atoms with van der Waals surface area (Å²) in [7, 11) is 6.71. The van der Waals surface area contributed by atoms with Crippen LogP contribution in [0.1, 0.15) is 5.56 Å². The summed E-state index contributed by atoms with van der Waals surface area (Å²) in [6.07, 6.45) is 3.06.